The van der Waals surface area contributed by atoms with Crippen LogP contribution in [0, 0.1) is 17.3 Å². The van der Waals surface area contributed by atoms with E-state index in [0.29, 0.717) is 25.0 Å². The fraction of sp³-hybridized carbons (Fsp3) is 0.724. The molecule has 0 atom stereocenters. The maximum absolute atomic E-state index is 13.6. The Morgan fingerprint density at radius 3 is 2.26 bits per heavy atom. The van der Waals surface area contributed by atoms with Gasteiger partial charge in [0.05, 0.1) is 12.1 Å². The van der Waals surface area contributed by atoms with Crippen LogP contribution < -0.4 is 0 Å². The van der Waals surface area contributed by atoms with Gasteiger partial charge in [0.15, 0.2) is 0 Å². The summed E-state index contributed by atoms with van der Waals surface area (Å²) in [5.74, 6) is 0.888. The third-order valence-electron chi connectivity index (χ3n) is 9.83. The van der Waals surface area contributed by atoms with Crippen LogP contribution in [-0.4, -0.2) is 72.6 Å². The number of carbonyl (C=O) groups excluding carboxylic acids is 2. The zero-order chi connectivity index (χ0) is 24.8. The van der Waals surface area contributed by atoms with Crippen molar-refractivity contribution in [3.8, 4) is 0 Å². The molecule has 0 unspecified atom stereocenters. The minimum atomic E-state index is -0.253. The SMILES string of the molecule is CC(C)C1(COC(=O)CN2CC3(CCC(c4ccccc4)(N(C)C)CC3)N(CC3CC3)C2=O)CC1. The molecule has 6 heteroatoms. The number of nitrogens with zero attached hydrogens (tertiary/aromatic N) is 3. The van der Waals surface area contributed by atoms with Crippen LogP contribution in [0.4, 0.5) is 4.79 Å². The van der Waals surface area contributed by atoms with E-state index >= 15 is 0 Å². The van der Waals surface area contributed by atoms with Crippen LogP contribution in [0.15, 0.2) is 30.3 Å². The van der Waals surface area contributed by atoms with E-state index in [-0.39, 0.29) is 35.0 Å². The van der Waals surface area contributed by atoms with Crippen LogP contribution in [0.25, 0.3) is 0 Å². The summed E-state index contributed by atoms with van der Waals surface area (Å²) in [6, 6.07) is 10.9. The van der Waals surface area contributed by atoms with Gasteiger partial charge in [-0.3, -0.25) is 9.69 Å². The second kappa shape index (κ2) is 9.10. The molecule has 3 aliphatic carbocycles. The lowest BCUT2D eigenvalue weighted by Gasteiger charge is -2.51. The van der Waals surface area contributed by atoms with Crippen LogP contribution in [-0.2, 0) is 15.1 Å². The van der Waals surface area contributed by atoms with Gasteiger partial charge in [0.25, 0.3) is 0 Å². The second-order valence-corrected chi connectivity index (χ2v) is 12.4. The fourth-order valence-electron chi connectivity index (χ4n) is 6.61. The molecule has 1 spiro atoms. The van der Waals surface area contributed by atoms with Crippen molar-refractivity contribution < 1.29 is 14.3 Å². The highest BCUT2D eigenvalue weighted by atomic mass is 16.5. The van der Waals surface area contributed by atoms with Crippen LogP contribution >= 0.6 is 0 Å². The van der Waals surface area contributed by atoms with E-state index in [2.05, 4.69) is 68.1 Å². The number of urea groups is 1. The molecule has 1 aromatic rings. The number of amides is 2. The van der Waals surface area contributed by atoms with Gasteiger partial charge in [-0.05, 0) is 82.9 Å². The largest absolute Gasteiger partial charge is 0.464 e. The highest BCUT2D eigenvalue weighted by molar-refractivity contribution is 5.83. The van der Waals surface area contributed by atoms with Gasteiger partial charge in [0, 0.05) is 24.0 Å². The Kier molecular flexibility index (Phi) is 6.40. The standard InChI is InChI=1S/C29H43N3O3/c1-22(2)27(12-13-27)21-35-25(33)19-31-20-28(32(26(31)34)18-23-10-11-23)14-16-29(17-15-28,30(3)4)24-8-6-5-7-9-24/h5-9,22-23H,10-21H2,1-4H3. The molecule has 3 saturated carbocycles. The van der Waals surface area contributed by atoms with Gasteiger partial charge in [-0.15, -0.1) is 0 Å². The predicted molar refractivity (Wildman–Crippen MR) is 137 cm³/mol. The lowest BCUT2D eigenvalue weighted by Crippen LogP contribution is -2.55. The highest BCUT2D eigenvalue weighted by Crippen LogP contribution is 2.52. The minimum Gasteiger partial charge on any atom is -0.464 e. The van der Waals surface area contributed by atoms with E-state index in [4.69, 9.17) is 4.74 Å². The summed E-state index contributed by atoms with van der Waals surface area (Å²) in [5, 5.41) is 0. The molecular formula is C29H43N3O3. The first-order chi connectivity index (χ1) is 16.7. The Balaban J connectivity index is 1.29. The molecule has 2 amide bonds. The average Bonchev–Trinajstić information content (AvgIpc) is 3.77. The van der Waals surface area contributed by atoms with Crippen molar-refractivity contribution in [2.24, 2.45) is 17.3 Å². The Morgan fingerprint density at radius 1 is 1.06 bits per heavy atom. The van der Waals surface area contributed by atoms with Gasteiger partial charge in [-0.2, -0.15) is 0 Å². The minimum absolute atomic E-state index is 0.0113. The summed E-state index contributed by atoms with van der Waals surface area (Å²) in [6.45, 7) is 6.45. The summed E-state index contributed by atoms with van der Waals surface area (Å²) >= 11 is 0. The maximum atomic E-state index is 13.6. The number of hydrogen-bond donors (Lipinski definition) is 0. The van der Waals surface area contributed by atoms with E-state index in [1.54, 1.807) is 4.90 Å². The molecule has 4 aliphatic rings. The molecule has 0 N–H and O–H groups in total. The van der Waals surface area contributed by atoms with Crippen molar-refractivity contribution in [1.82, 2.24) is 14.7 Å². The molecule has 1 saturated heterocycles. The zero-order valence-corrected chi connectivity index (χ0v) is 22.1. The molecule has 6 nitrogen and oxygen atoms in total. The predicted octanol–water partition coefficient (Wildman–Crippen LogP) is 4.88. The maximum Gasteiger partial charge on any atom is 0.325 e. The third-order valence-corrected chi connectivity index (χ3v) is 9.83. The smallest absolute Gasteiger partial charge is 0.325 e. The molecule has 1 aliphatic heterocycles. The molecular weight excluding hydrogens is 438 g/mol. The molecule has 4 fully saturated rings. The summed E-state index contributed by atoms with van der Waals surface area (Å²) in [5.41, 5.74) is 1.34. The first kappa shape index (κ1) is 24.6. The number of carbonyl (C=O) groups is 2. The molecule has 1 heterocycles. The first-order valence-electron chi connectivity index (χ1n) is 13.6. The van der Waals surface area contributed by atoms with Crippen molar-refractivity contribution in [1.29, 1.82) is 0 Å². The van der Waals surface area contributed by atoms with Gasteiger partial charge < -0.3 is 14.5 Å². The summed E-state index contributed by atoms with van der Waals surface area (Å²) < 4.78 is 5.71. The van der Waals surface area contributed by atoms with E-state index in [1.165, 1.54) is 18.4 Å². The van der Waals surface area contributed by atoms with Crippen molar-refractivity contribution in [2.75, 3.05) is 40.3 Å². The number of esters is 1. The van der Waals surface area contributed by atoms with Crippen LogP contribution in [0.2, 0.25) is 0 Å². The summed E-state index contributed by atoms with van der Waals surface area (Å²) in [7, 11) is 4.36. The molecule has 1 aromatic carbocycles. The molecule has 0 bridgehead atoms. The zero-order valence-electron chi connectivity index (χ0n) is 22.1. The Bertz CT molecular complexity index is 928. The number of rotatable bonds is 9. The molecule has 0 aromatic heterocycles. The van der Waals surface area contributed by atoms with Gasteiger partial charge in [0.2, 0.25) is 0 Å². The first-order valence-corrected chi connectivity index (χ1v) is 13.6. The van der Waals surface area contributed by atoms with Gasteiger partial charge in [0.1, 0.15) is 6.54 Å². The molecule has 35 heavy (non-hydrogen) atoms. The molecule has 192 valence electrons. The number of ether oxygens (including phenoxy) is 1. The summed E-state index contributed by atoms with van der Waals surface area (Å²) in [6.07, 6.45) is 8.62. The molecule has 5 rings (SSSR count). The topological polar surface area (TPSA) is 53.1 Å². The lowest BCUT2D eigenvalue weighted by molar-refractivity contribution is -0.146. The number of benzene rings is 1. The van der Waals surface area contributed by atoms with Crippen LogP contribution in [0.3, 0.4) is 0 Å². The van der Waals surface area contributed by atoms with Gasteiger partial charge >= 0.3 is 12.0 Å². The number of hydrogen-bond acceptors (Lipinski definition) is 4. The Labute approximate surface area is 211 Å². The fourth-order valence-corrected chi connectivity index (χ4v) is 6.61. The van der Waals surface area contributed by atoms with Crippen molar-refractivity contribution >= 4 is 12.0 Å². The van der Waals surface area contributed by atoms with E-state index < -0.39 is 0 Å². The Morgan fingerprint density at radius 2 is 1.71 bits per heavy atom. The van der Waals surface area contributed by atoms with E-state index in [1.807, 2.05) is 0 Å². The monoisotopic (exact) mass is 481 g/mol. The Hall–Kier alpha value is -2.08. The van der Waals surface area contributed by atoms with Crippen molar-refractivity contribution in [3.63, 3.8) is 0 Å². The van der Waals surface area contributed by atoms with Crippen LogP contribution in [0.5, 0.6) is 0 Å². The summed E-state index contributed by atoms with van der Waals surface area (Å²) in [4.78, 5) is 32.7. The molecule has 0 radical (unpaired) electrons. The van der Waals surface area contributed by atoms with Crippen LogP contribution in [0.1, 0.15) is 70.8 Å². The lowest BCUT2D eigenvalue weighted by atomic mass is 9.68. The van der Waals surface area contributed by atoms with Gasteiger partial charge in [-0.25, -0.2) is 4.79 Å². The van der Waals surface area contributed by atoms with Gasteiger partial charge in [-0.1, -0.05) is 44.2 Å². The van der Waals surface area contributed by atoms with Crippen molar-refractivity contribution in [2.45, 2.75) is 76.3 Å². The second-order valence-electron chi connectivity index (χ2n) is 12.4. The normalized spacial score (nSPS) is 29.9. The quantitative estimate of drug-likeness (QED) is 0.472. The van der Waals surface area contributed by atoms with Crippen molar-refractivity contribution in [3.05, 3.63) is 35.9 Å². The van der Waals surface area contributed by atoms with E-state index in [9.17, 15) is 9.59 Å². The average molecular weight is 482 g/mol. The highest BCUT2D eigenvalue weighted by Gasteiger charge is 2.55. The van der Waals surface area contributed by atoms with E-state index in [0.717, 1.165) is 45.1 Å². The third kappa shape index (κ3) is 4.59.